The minimum atomic E-state index is -0.0135. The fourth-order valence-electron chi connectivity index (χ4n) is 3.13. The van der Waals surface area contributed by atoms with Crippen molar-refractivity contribution in [3.8, 4) is 16.9 Å². The standard InChI is InChI=1S/C20H16N2O2/c1-24-19-10-6-5-9-15(19)16-11-21-12-17-18(16)13-22(20(17)23)14-7-3-2-4-8-14/h2-12H,13H2,1H3. The highest BCUT2D eigenvalue weighted by atomic mass is 16.5. The summed E-state index contributed by atoms with van der Waals surface area (Å²) in [5, 5.41) is 0. The summed E-state index contributed by atoms with van der Waals surface area (Å²) in [6.07, 6.45) is 3.46. The van der Waals surface area contributed by atoms with Crippen LogP contribution < -0.4 is 9.64 Å². The summed E-state index contributed by atoms with van der Waals surface area (Å²) in [7, 11) is 1.65. The van der Waals surface area contributed by atoms with E-state index < -0.39 is 0 Å². The van der Waals surface area contributed by atoms with Gasteiger partial charge in [-0.3, -0.25) is 9.78 Å². The minimum Gasteiger partial charge on any atom is -0.496 e. The van der Waals surface area contributed by atoms with Gasteiger partial charge in [-0.2, -0.15) is 0 Å². The van der Waals surface area contributed by atoms with E-state index in [1.165, 1.54) is 0 Å². The summed E-state index contributed by atoms with van der Waals surface area (Å²) in [5.41, 5.74) is 4.43. The normalized spacial score (nSPS) is 13.0. The van der Waals surface area contributed by atoms with Gasteiger partial charge in [0.05, 0.1) is 19.2 Å². The van der Waals surface area contributed by atoms with Crippen LogP contribution in [0.1, 0.15) is 15.9 Å². The molecule has 4 nitrogen and oxygen atoms in total. The van der Waals surface area contributed by atoms with Crippen LogP contribution in [0.2, 0.25) is 0 Å². The summed E-state index contributed by atoms with van der Waals surface area (Å²) >= 11 is 0. The van der Waals surface area contributed by atoms with Gasteiger partial charge in [0.2, 0.25) is 0 Å². The van der Waals surface area contributed by atoms with Gasteiger partial charge < -0.3 is 9.64 Å². The first-order valence-electron chi connectivity index (χ1n) is 7.77. The molecule has 0 atom stereocenters. The highest BCUT2D eigenvalue weighted by Gasteiger charge is 2.31. The number of amides is 1. The number of nitrogens with zero attached hydrogens (tertiary/aromatic N) is 2. The molecule has 0 spiro atoms. The molecule has 2 aromatic carbocycles. The number of para-hydroxylation sites is 2. The average molecular weight is 316 g/mol. The monoisotopic (exact) mass is 316 g/mol. The molecule has 0 unspecified atom stereocenters. The largest absolute Gasteiger partial charge is 0.496 e. The lowest BCUT2D eigenvalue weighted by Crippen LogP contribution is -2.22. The zero-order valence-corrected chi connectivity index (χ0v) is 13.3. The van der Waals surface area contributed by atoms with E-state index in [-0.39, 0.29) is 5.91 Å². The third kappa shape index (κ3) is 2.24. The first-order valence-corrected chi connectivity index (χ1v) is 7.77. The summed E-state index contributed by atoms with van der Waals surface area (Å²) in [4.78, 5) is 18.9. The molecule has 1 aliphatic rings. The van der Waals surface area contributed by atoms with E-state index >= 15 is 0 Å². The van der Waals surface area contributed by atoms with Crippen molar-refractivity contribution < 1.29 is 9.53 Å². The first kappa shape index (κ1) is 14.5. The van der Waals surface area contributed by atoms with E-state index in [4.69, 9.17) is 4.74 Å². The molecule has 118 valence electrons. The molecule has 0 saturated carbocycles. The lowest BCUT2D eigenvalue weighted by molar-refractivity contribution is 0.0996. The van der Waals surface area contributed by atoms with Gasteiger partial charge in [-0.1, -0.05) is 36.4 Å². The fraction of sp³-hybridized carbons (Fsp3) is 0.100. The van der Waals surface area contributed by atoms with Crippen molar-refractivity contribution in [3.63, 3.8) is 0 Å². The molecule has 0 saturated heterocycles. The predicted molar refractivity (Wildman–Crippen MR) is 93.2 cm³/mol. The third-order valence-corrected chi connectivity index (χ3v) is 4.31. The Balaban J connectivity index is 1.83. The number of carbonyl (C=O) groups excluding carboxylic acids is 1. The molecule has 0 radical (unpaired) electrons. The Morgan fingerprint density at radius 2 is 1.62 bits per heavy atom. The van der Waals surface area contributed by atoms with Gasteiger partial charge in [0.25, 0.3) is 5.91 Å². The van der Waals surface area contributed by atoms with E-state index in [9.17, 15) is 4.79 Å². The summed E-state index contributed by atoms with van der Waals surface area (Å²) in [6.45, 7) is 0.536. The molecule has 1 amide bonds. The van der Waals surface area contributed by atoms with E-state index in [0.717, 1.165) is 28.1 Å². The van der Waals surface area contributed by atoms with Gasteiger partial charge in [0.1, 0.15) is 5.75 Å². The number of aromatic nitrogens is 1. The third-order valence-electron chi connectivity index (χ3n) is 4.31. The topological polar surface area (TPSA) is 42.4 Å². The van der Waals surface area contributed by atoms with Crippen LogP contribution in [-0.2, 0) is 6.54 Å². The molecular formula is C20H16N2O2. The van der Waals surface area contributed by atoms with Crippen LogP contribution in [-0.4, -0.2) is 18.0 Å². The maximum atomic E-state index is 12.8. The van der Waals surface area contributed by atoms with Gasteiger partial charge in [-0.25, -0.2) is 0 Å². The molecule has 3 aromatic rings. The van der Waals surface area contributed by atoms with Crippen molar-refractivity contribution in [1.82, 2.24) is 4.98 Å². The number of hydrogen-bond donors (Lipinski definition) is 0. The molecule has 4 heteroatoms. The summed E-state index contributed by atoms with van der Waals surface area (Å²) in [6, 6.07) is 17.5. The Bertz CT molecular complexity index is 907. The average Bonchev–Trinajstić information content (AvgIpc) is 2.99. The zero-order valence-electron chi connectivity index (χ0n) is 13.3. The highest BCUT2D eigenvalue weighted by Crippen LogP contribution is 2.37. The highest BCUT2D eigenvalue weighted by molar-refractivity contribution is 6.11. The minimum absolute atomic E-state index is 0.0135. The molecule has 0 fully saturated rings. The second kappa shape index (κ2) is 5.81. The van der Waals surface area contributed by atoms with Crippen LogP contribution in [0.4, 0.5) is 5.69 Å². The van der Waals surface area contributed by atoms with Crippen molar-refractivity contribution in [1.29, 1.82) is 0 Å². The first-order chi connectivity index (χ1) is 11.8. The van der Waals surface area contributed by atoms with E-state index in [1.807, 2.05) is 54.6 Å². The number of carbonyl (C=O) groups is 1. The smallest absolute Gasteiger partial charge is 0.260 e. The molecule has 0 N–H and O–H groups in total. The van der Waals surface area contributed by atoms with Gasteiger partial charge >= 0.3 is 0 Å². The van der Waals surface area contributed by atoms with Gasteiger partial charge in [0.15, 0.2) is 0 Å². The number of pyridine rings is 1. The van der Waals surface area contributed by atoms with Gasteiger partial charge in [0, 0.05) is 29.2 Å². The number of hydrogen-bond acceptors (Lipinski definition) is 3. The van der Waals surface area contributed by atoms with Crippen LogP contribution >= 0.6 is 0 Å². The van der Waals surface area contributed by atoms with Crippen LogP contribution in [0.25, 0.3) is 11.1 Å². The quantitative estimate of drug-likeness (QED) is 0.735. The van der Waals surface area contributed by atoms with Crippen LogP contribution in [0, 0.1) is 0 Å². The van der Waals surface area contributed by atoms with Crippen molar-refractivity contribution >= 4 is 11.6 Å². The molecule has 4 rings (SSSR count). The Morgan fingerprint density at radius 3 is 2.42 bits per heavy atom. The van der Waals surface area contributed by atoms with Crippen molar-refractivity contribution in [3.05, 3.63) is 78.1 Å². The second-order valence-corrected chi connectivity index (χ2v) is 5.64. The Hall–Kier alpha value is -3.14. The molecule has 0 aliphatic carbocycles. The van der Waals surface area contributed by atoms with E-state index in [0.29, 0.717) is 12.1 Å². The summed E-state index contributed by atoms with van der Waals surface area (Å²) in [5.74, 6) is 0.763. The number of benzene rings is 2. The molecule has 0 bridgehead atoms. The molecule has 1 aliphatic heterocycles. The fourth-order valence-corrected chi connectivity index (χ4v) is 3.13. The van der Waals surface area contributed by atoms with Crippen LogP contribution in [0.3, 0.4) is 0 Å². The number of ether oxygens (including phenoxy) is 1. The van der Waals surface area contributed by atoms with Crippen LogP contribution in [0.5, 0.6) is 5.75 Å². The number of rotatable bonds is 3. The van der Waals surface area contributed by atoms with Crippen molar-refractivity contribution in [2.24, 2.45) is 0 Å². The maximum Gasteiger partial charge on any atom is 0.260 e. The van der Waals surface area contributed by atoms with Crippen molar-refractivity contribution in [2.75, 3.05) is 12.0 Å². The lowest BCUT2D eigenvalue weighted by Gasteiger charge is -2.15. The second-order valence-electron chi connectivity index (χ2n) is 5.64. The molecular weight excluding hydrogens is 300 g/mol. The predicted octanol–water partition coefficient (Wildman–Crippen LogP) is 3.92. The number of anilines is 1. The van der Waals surface area contributed by atoms with Gasteiger partial charge in [-0.15, -0.1) is 0 Å². The zero-order chi connectivity index (χ0) is 16.5. The van der Waals surface area contributed by atoms with Crippen molar-refractivity contribution in [2.45, 2.75) is 6.54 Å². The van der Waals surface area contributed by atoms with Gasteiger partial charge in [-0.05, 0) is 23.8 Å². The Kier molecular flexibility index (Phi) is 3.50. The molecule has 24 heavy (non-hydrogen) atoms. The Morgan fingerprint density at radius 1 is 0.917 bits per heavy atom. The maximum absolute atomic E-state index is 12.8. The summed E-state index contributed by atoms with van der Waals surface area (Å²) < 4.78 is 5.47. The number of methoxy groups -OCH3 is 1. The molecule has 1 aromatic heterocycles. The Labute approximate surface area is 140 Å². The van der Waals surface area contributed by atoms with E-state index in [1.54, 1.807) is 24.4 Å². The SMILES string of the molecule is COc1ccccc1-c1cncc2c1CN(c1ccccc1)C2=O. The number of fused-ring (bicyclic) bond motifs is 1. The van der Waals surface area contributed by atoms with E-state index in [2.05, 4.69) is 4.98 Å². The molecule has 2 heterocycles. The van der Waals surface area contributed by atoms with Crippen LogP contribution in [0.15, 0.2) is 67.0 Å². The lowest BCUT2D eigenvalue weighted by atomic mass is 9.99.